The average Bonchev–Trinajstić information content (AvgIpc) is 2.30. The molecule has 0 aromatic carbocycles. The molecule has 0 unspecified atom stereocenters. The minimum Gasteiger partial charge on any atom is -0.325 e. The Morgan fingerprint density at radius 3 is 2.69 bits per heavy atom. The lowest BCUT2D eigenvalue weighted by Crippen LogP contribution is -2.34. The number of nitrogens with zero attached hydrogens (tertiary/aromatic N) is 1. The predicted octanol–water partition coefficient (Wildman–Crippen LogP) is 1.76. The molecular formula is C9H14N2OS. The molecule has 3 nitrogen and oxygen atoms in total. The molecule has 72 valence electrons. The standard InChI is InChI=1S/C9H14N2OS/c1-6-8(11-5-13-6)7(12)4-9(2,3)10/h5H,4,10H2,1-3H3. The minimum atomic E-state index is -0.451. The number of hydrogen-bond acceptors (Lipinski definition) is 4. The predicted molar refractivity (Wildman–Crippen MR) is 54.1 cm³/mol. The first kappa shape index (κ1) is 10.3. The van der Waals surface area contributed by atoms with Gasteiger partial charge in [0.25, 0.3) is 0 Å². The van der Waals surface area contributed by atoms with Crippen molar-refractivity contribution in [2.24, 2.45) is 5.73 Å². The van der Waals surface area contributed by atoms with E-state index in [9.17, 15) is 4.79 Å². The molecule has 4 heteroatoms. The summed E-state index contributed by atoms with van der Waals surface area (Å²) in [4.78, 5) is 16.6. The summed E-state index contributed by atoms with van der Waals surface area (Å²) in [6, 6.07) is 0. The van der Waals surface area contributed by atoms with Crippen LogP contribution >= 0.6 is 11.3 Å². The second-order valence-electron chi connectivity index (χ2n) is 3.85. The maximum Gasteiger partial charge on any atom is 0.184 e. The maximum atomic E-state index is 11.6. The van der Waals surface area contributed by atoms with Crippen molar-refractivity contribution in [3.05, 3.63) is 16.1 Å². The number of nitrogens with two attached hydrogens (primary N) is 1. The highest BCUT2D eigenvalue weighted by Crippen LogP contribution is 2.16. The molecule has 0 amide bonds. The zero-order chi connectivity index (χ0) is 10.1. The SMILES string of the molecule is Cc1scnc1C(=O)CC(C)(C)N. The van der Waals surface area contributed by atoms with Crippen LogP contribution in [0.15, 0.2) is 5.51 Å². The molecule has 1 aromatic heterocycles. The van der Waals surface area contributed by atoms with Gasteiger partial charge in [0.2, 0.25) is 0 Å². The molecule has 0 saturated carbocycles. The van der Waals surface area contributed by atoms with E-state index in [1.54, 1.807) is 5.51 Å². The highest BCUT2D eigenvalue weighted by atomic mass is 32.1. The monoisotopic (exact) mass is 198 g/mol. The molecule has 0 spiro atoms. The van der Waals surface area contributed by atoms with E-state index in [4.69, 9.17) is 5.73 Å². The third kappa shape index (κ3) is 2.90. The first-order valence-electron chi connectivity index (χ1n) is 4.12. The first-order valence-corrected chi connectivity index (χ1v) is 5.00. The Kier molecular flexibility index (Phi) is 2.83. The van der Waals surface area contributed by atoms with Gasteiger partial charge in [-0.15, -0.1) is 11.3 Å². The highest BCUT2D eigenvalue weighted by Gasteiger charge is 2.20. The second kappa shape index (κ2) is 3.55. The van der Waals surface area contributed by atoms with Crippen LogP contribution < -0.4 is 5.73 Å². The largest absolute Gasteiger partial charge is 0.325 e. The molecule has 1 aromatic rings. The smallest absolute Gasteiger partial charge is 0.184 e. The van der Waals surface area contributed by atoms with Crippen molar-refractivity contribution in [1.82, 2.24) is 4.98 Å². The molecule has 0 bridgehead atoms. The van der Waals surface area contributed by atoms with Crippen LogP contribution in [0.1, 0.15) is 35.6 Å². The Morgan fingerprint density at radius 2 is 2.31 bits per heavy atom. The van der Waals surface area contributed by atoms with Crippen molar-refractivity contribution >= 4 is 17.1 Å². The molecule has 1 rings (SSSR count). The van der Waals surface area contributed by atoms with Crippen LogP contribution in [0, 0.1) is 6.92 Å². The van der Waals surface area contributed by atoms with Gasteiger partial charge in [-0.05, 0) is 20.8 Å². The summed E-state index contributed by atoms with van der Waals surface area (Å²) in [7, 11) is 0. The second-order valence-corrected chi connectivity index (χ2v) is 4.90. The number of rotatable bonds is 3. The third-order valence-corrected chi connectivity index (χ3v) is 2.38. The molecule has 13 heavy (non-hydrogen) atoms. The molecule has 0 saturated heterocycles. The summed E-state index contributed by atoms with van der Waals surface area (Å²) in [6.45, 7) is 5.58. The van der Waals surface area contributed by atoms with Gasteiger partial charge in [0.15, 0.2) is 5.78 Å². The van der Waals surface area contributed by atoms with Crippen molar-refractivity contribution in [2.45, 2.75) is 32.7 Å². The number of ketones is 1. The zero-order valence-corrected chi connectivity index (χ0v) is 8.94. The van der Waals surface area contributed by atoms with E-state index in [1.807, 2.05) is 20.8 Å². The van der Waals surface area contributed by atoms with E-state index in [0.29, 0.717) is 12.1 Å². The quantitative estimate of drug-likeness (QED) is 0.753. The van der Waals surface area contributed by atoms with Gasteiger partial charge in [0, 0.05) is 16.8 Å². The number of aryl methyl sites for hydroxylation is 1. The van der Waals surface area contributed by atoms with Crippen molar-refractivity contribution in [2.75, 3.05) is 0 Å². The van der Waals surface area contributed by atoms with Gasteiger partial charge in [-0.1, -0.05) is 0 Å². The number of hydrogen-bond donors (Lipinski definition) is 1. The molecule has 0 atom stereocenters. The van der Waals surface area contributed by atoms with Crippen LogP contribution in [-0.4, -0.2) is 16.3 Å². The average molecular weight is 198 g/mol. The van der Waals surface area contributed by atoms with Gasteiger partial charge in [-0.2, -0.15) is 0 Å². The molecular weight excluding hydrogens is 184 g/mol. The Hall–Kier alpha value is -0.740. The number of Topliss-reactive ketones (excluding diaryl/α,β-unsaturated/α-hetero) is 1. The number of carbonyl (C=O) groups is 1. The fraction of sp³-hybridized carbons (Fsp3) is 0.556. The van der Waals surface area contributed by atoms with Gasteiger partial charge in [-0.3, -0.25) is 4.79 Å². The summed E-state index contributed by atoms with van der Waals surface area (Å²) in [5.74, 6) is 0.0336. The molecule has 2 N–H and O–H groups in total. The topological polar surface area (TPSA) is 56.0 Å². The van der Waals surface area contributed by atoms with Crippen LogP contribution in [0.3, 0.4) is 0 Å². The van der Waals surface area contributed by atoms with Gasteiger partial charge in [0.05, 0.1) is 5.51 Å². The lowest BCUT2D eigenvalue weighted by molar-refractivity contribution is 0.0955. The van der Waals surface area contributed by atoms with Crippen LogP contribution in [0.4, 0.5) is 0 Å². The van der Waals surface area contributed by atoms with Gasteiger partial charge in [0.1, 0.15) is 5.69 Å². The summed E-state index contributed by atoms with van der Waals surface area (Å²) in [5, 5.41) is 0. The van der Waals surface area contributed by atoms with Crippen molar-refractivity contribution in [3.63, 3.8) is 0 Å². The number of thiazole rings is 1. The molecule has 0 aliphatic carbocycles. The van der Waals surface area contributed by atoms with Crippen LogP contribution in [-0.2, 0) is 0 Å². The van der Waals surface area contributed by atoms with E-state index in [-0.39, 0.29) is 5.78 Å². The number of aromatic nitrogens is 1. The first-order chi connectivity index (χ1) is 5.90. The fourth-order valence-corrected chi connectivity index (χ4v) is 1.67. The van der Waals surface area contributed by atoms with E-state index >= 15 is 0 Å². The Labute approximate surface area is 82.0 Å². The van der Waals surface area contributed by atoms with Crippen LogP contribution in [0.2, 0.25) is 0 Å². The molecule has 0 aliphatic heterocycles. The Morgan fingerprint density at radius 1 is 1.69 bits per heavy atom. The summed E-state index contributed by atoms with van der Waals surface area (Å²) in [6.07, 6.45) is 0.345. The fourth-order valence-electron chi connectivity index (χ4n) is 1.07. The van der Waals surface area contributed by atoms with Crippen LogP contribution in [0.5, 0.6) is 0 Å². The minimum absolute atomic E-state index is 0.0336. The molecule has 0 radical (unpaired) electrons. The van der Waals surface area contributed by atoms with Gasteiger partial charge in [-0.25, -0.2) is 4.98 Å². The number of carbonyl (C=O) groups excluding carboxylic acids is 1. The van der Waals surface area contributed by atoms with Crippen molar-refractivity contribution < 1.29 is 4.79 Å². The Balaban J connectivity index is 2.76. The normalized spacial score (nSPS) is 11.7. The summed E-state index contributed by atoms with van der Waals surface area (Å²) < 4.78 is 0. The maximum absolute atomic E-state index is 11.6. The third-order valence-electron chi connectivity index (χ3n) is 1.63. The van der Waals surface area contributed by atoms with Crippen molar-refractivity contribution in [3.8, 4) is 0 Å². The molecule has 1 heterocycles. The van der Waals surface area contributed by atoms with E-state index in [1.165, 1.54) is 11.3 Å². The lowest BCUT2D eigenvalue weighted by Gasteiger charge is -2.16. The molecule has 0 fully saturated rings. The summed E-state index contributed by atoms with van der Waals surface area (Å²) >= 11 is 1.49. The van der Waals surface area contributed by atoms with Gasteiger partial charge < -0.3 is 5.73 Å². The Bertz CT molecular complexity index is 312. The van der Waals surface area contributed by atoms with E-state index < -0.39 is 5.54 Å². The van der Waals surface area contributed by atoms with Crippen molar-refractivity contribution in [1.29, 1.82) is 0 Å². The van der Waals surface area contributed by atoms with Gasteiger partial charge >= 0.3 is 0 Å². The van der Waals surface area contributed by atoms with E-state index in [0.717, 1.165) is 4.88 Å². The van der Waals surface area contributed by atoms with Crippen LogP contribution in [0.25, 0.3) is 0 Å². The zero-order valence-electron chi connectivity index (χ0n) is 8.13. The van der Waals surface area contributed by atoms with E-state index in [2.05, 4.69) is 4.98 Å². The summed E-state index contributed by atoms with van der Waals surface area (Å²) in [5.41, 5.74) is 7.56. The lowest BCUT2D eigenvalue weighted by atomic mass is 9.97. The highest BCUT2D eigenvalue weighted by molar-refractivity contribution is 7.09. The molecule has 0 aliphatic rings.